The topological polar surface area (TPSA) is 67.4 Å². The molecule has 1 unspecified atom stereocenters. The Balaban J connectivity index is 0.00000480. The van der Waals surface area contributed by atoms with Gasteiger partial charge in [0.15, 0.2) is 5.96 Å². The second kappa shape index (κ2) is 17.5. The molecular formula is C23H41IN4O3. The minimum atomic E-state index is 0. The number of methoxy groups -OCH3 is 2. The maximum absolute atomic E-state index is 5.52. The third-order valence-corrected chi connectivity index (χ3v) is 5.29. The molecule has 1 aliphatic heterocycles. The van der Waals surface area contributed by atoms with Crippen molar-refractivity contribution < 1.29 is 14.2 Å². The fourth-order valence-electron chi connectivity index (χ4n) is 3.61. The first-order chi connectivity index (χ1) is 14.8. The van der Waals surface area contributed by atoms with Gasteiger partial charge in [-0.2, -0.15) is 0 Å². The Morgan fingerprint density at radius 2 is 1.77 bits per heavy atom. The summed E-state index contributed by atoms with van der Waals surface area (Å²) >= 11 is 0. The summed E-state index contributed by atoms with van der Waals surface area (Å²) in [6.07, 6.45) is 4.60. The molecule has 0 aliphatic carbocycles. The summed E-state index contributed by atoms with van der Waals surface area (Å²) in [7, 11) is 3.40. The van der Waals surface area contributed by atoms with Crippen LogP contribution in [0.25, 0.3) is 0 Å². The van der Waals surface area contributed by atoms with Crippen molar-refractivity contribution in [3.05, 3.63) is 29.8 Å². The fraction of sp³-hybridized carbons (Fsp3) is 0.696. The molecule has 0 saturated carbocycles. The van der Waals surface area contributed by atoms with Gasteiger partial charge in [-0.3, -0.25) is 9.89 Å². The lowest BCUT2D eigenvalue weighted by molar-refractivity contribution is 0.0689. The van der Waals surface area contributed by atoms with E-state index in [-0.39, 0.29) is 24.0 Å². The van der Waals surface area contributed by atoms with E-state index in [4.69, 9.17) is 19.2 Å². The van der Waals surface area contributed by atoms with Crippen LogP contribution in [0.2, 0.25) is 0 Å². The predicted octanol–water partition coefficient (Wildman–Crippen LogP) is 3.45. The van der Waals surface area contributed by atoms with Crippen LogP contribution in [0.5, 0.6) is 5.75 Å². The molecule has 1 atom stereocenters. The van der Waals surface area contributed by atoms with E-state index in [0.29, 0.717) is 19.3 Å². The molecule has 2 N–H and O–H groups in total. The third kappa shape index (κ3) is 10.9. The maximum atomic E-state index is 5.52. The number of nitrogens with one attached hydrogen (secondary N) is 2. The number of hydrogen-bond donors (Lipinski definition) is 2. The summed E-state index contributed by atoms with van der Waals surface area (Å²) < 4.78 is 15.8. The predicted molar refractivity (Wildman–Crippen MR) is 138 cm³/mol. The van der Waals surface area contributed by atoms with Gasteiger partial charge in [0.25, 0.3) is 0 Å². The zero-order valence-electron chi connectivity index (χ0n) is 19.4. The summed E-state index contributed by atoms with van der Waals surface area (Å²) in [5, 5.41) is 6.83. The van der Waals surface area contributed by atoms with Gasteiger partial charge in [0.2, 0.25) is 0 Å². The highest BCUT2D eigenvalue weighted by Gasteiger charge is 2.23. The van der Waals surface area contributed by atoms with E-state index in [2.05, 4.69) is 34.6 Å². The molecule has 178 valence electrons. The lowest BCUT2D eigenvalue weighted by Gasteiger charge is -2.27. The van der Waals surface area contributed by atoms with Gasteiger partial charge in [-0.15, -0.1) is 24.0 Å². The van der Waals surface area contributed by atoms with Crippen molar-refractivity contribution in [3.8, 4) is 5.75 Å². The molecule has 8 heteroatoms. The number of unbranched alkanes of at least 4 members (excludes halogenated alkanes) is 1. The van der Waals surface area contributed by atoms with Gasteiger partial charge in [-0.25, -0.2) is 0 Å². The van der Waals surface area contributed by atoms with E-state index >= 15 is 0 Å². The molecule has 0 spiro atoms. The lowest BCUT2D eigenvalue weighted by Crippen LogP contribution is -2.39. The van der Waals surface area contributed by atoms with Crippen LogP contribution in [0.1, 0.15) is 44.2 Å². The van der Waals surface area contributed by atoms with Crippen LogP contribution in [0.4, 0.5) is 0 Å². The second-order valence-electron chi connectivity index (χ2n) is 7.49. The van der Waals surface area contributed by atoms with Crippen molar-refractivity contribution in [2.45, 2.75) is 38.6 Å². The first kappa shape index (κ1) is 27.9. The van der Waals surface area contributed by atoms with Crippen LogP contribution in [-0.2, 0) is 9.47 Å². The fourth-order valence-corrected chi connectivity index (χ4v) is 3.61. The van der Waals surface area contributed by atoms with E-state index in [1.54, 1.807) is 14.2 Å². The highest BCUT2D eigenvalue weighted by atomic mass is 127. The van der Waals surface area contributed by atoms with Crippen molar-refractivity contribution in [1.82, 2.24) is 15.5 Å². The minimum absolute atomic E-state index is 0. The number of halogens is 1. The smallest absolute Gasteiger partial charge is 0.191 e. The van der Waals surface area contributed by atoms with Crippen LogP contribution in [0.15, 0.2) is 29.3 Å². The number of hydrogen-bond acceptors (Lipinski definition) is 5. The van der Waals surface area contributed by atoms with Gasteiger partial charge in [0, 0.05) is 26.8 Å². The van der Waals surface area contributed by atoms with Crippen molar-refractivity contribution >= 4 is 29.9 Å². The normalized spacial score (nSPS) is 15.4. The first-order valence-electron chi connectivity index (χ1n) is 11.2. The van der Waals surface area contributed by atoms with Crippen LogP contribution < -0.4 is 15.4 Å². The molecule has 7 nitrogen and oxygen atoms in total. The van der Waals surface area contributed by atoms with Gasteiger partial charge < -0.3 is 24.8 Å². The standard InChI is InChI=1S/C23H40N4O3.HI/c1-4-24-23(25-13-5-8-16-30-18-17-28-2)26-19-22(27-14-6-7-15-27)20-9-11-21(29-3)12-10-20;/h9-12,22H,4-8,13-19H2,1-3H3,(H2,24,25,26);1H. The lowest BCUT2D eigenvalue weighted by atomic mass is 10.1. The number of aliphatic imine (C=N–C) groups is 1. The number of ether oxygens (including phenoxy) is 3. The Bertz CT molecular complexity index is 595. The quantitative estimate of drug-likeness (QED) is 0.161. The number of guanidine groups is 1. The van der Waals surface area contributed by atoms with Crippen LogP contribution in [0, 0.1) is 0 Å². The molecule has 1 fully saturated rings. The summed E-state index contributed by atoms with van der Waals surface area (Å²) in [6.45, 7) is 8.94. The Labute approximate surface area is 205 Å². The average molecular weight is 549 g/mol. The molecule has 1 heterocycles. The monoisotopic (exact) mass is 548 g/mol. The molecule has 0 amide bonds. The Morgan fingerprint density at radius 3 is 2.42 bits per heavy atom. The SMILES string of the molecule is CCNC(=NCC(c1ccc(OC)cc1)N1CCCC1)NCCCCOCCOC.I. The van der Waals surface area contributed by atoms with Gasteiger partial charge in [0.05, 0.1) is 32.9 Å². The average Bonchev–Trinajstić information content (AvgIpc) is 3.30. The minimum Gasteiger partial charge on any atom is -0.497 e. The Morgan fingerprint density at radius 1 is 1.03 bits per heavy atom. The third-order valence-electron chi connectivity index (χ3n) is 5.29. The summed E-state index contributed by atoms with van der Waals surface area (Å²) in [6, 6.07) is 8.71. The van der Waals surface area contributed by atoms with E-state index in [0.717, 1.165) is 63.9 Å². The van der Waals surface area contributed by atoms with E-state index < -0.39 is 0 Å². The molecule has 0 radical (unpaired) electrons. The van der Waals surface area contributed by atoms with Gasteiger partial charge in [-0.05, 0) is 63.4 Å². The second-order valence-corrected chi connectivity index (χ2v) is 7.49. The largest absolute Gasteiger partial charge is 0.497 e. The molecule has 0 aromatic heterocycles. The van der Waals surface area contributed by atoms with Crippen molar-refractivity contribution in [2.24, 2.45) is 4.99 Å². The van der Waals surface area contributed by atoms with Crippen molar-refractivity contribution in [2.75, 3.05) is 66.8 Å². The maximum Gasteiger partial charge on any atom is 0.191 e. The molecule has 1 aliphatic rings. The summed E-state index contributed by atoms with van der Waals surface area (Å²) in [5.74, 6) is 1.78. The Hall–Kier alpha value is -1.10. The zero-order chi connectivity index (χ0) is 21.4. The Kier molecular flexibility index (Phi) is 15.7. The van der Waals surface area contributed by atoms with Crippen LogP contribution >= 0.6 is 24.0 Å². The van der Waals surface area contributed by atoms with Crippen molar-refractivity contribution in [1.29, 1.82) is 0 Å². The van der Waals surface area contributed by atoms with E-state index in [9.17, 15) is 0 Å². The van der Waals surface area contributed by atoms with Crippen LogP contribution in [0.3, 0.4) is 0 Å². The van der Waals surface area contributed by atoms with Gasteiger partial charge >= 0.3 is 0 Å². The summed E-state index contributed by atoms with van der Waals surface area (Å²) in [4.78, 5) is 7.46. The molecule has 1 aromatic carbocycles. The zero-order valence-corrected chi connectivity index (χ0v) is 21.7. The molecular weight excluding hydrogens is 507 g/mol. The molecule has 1 aromatic rings. The summed E-state index contributed by atoms with van der Waals surface area (Å²) in [5.41, 5.74) is 1.30. The number of likely N-dealkylation sites (tertiary alicyclic amines) is 1. The molecule has 1 saturated heterocycles. The number of rotatable bonds is 14. The highest BCUT2D eigenvalue weighted by molar-refractivity contribution is 14.0. The van der Waals surface area contributed by atoms with Crippen LogP contribution in [-0.4, -0.2) is 77.6 Å². The number of benzene rings is 1. The molecule has 2 rings (SSSR count). The first-order valence-corrected chi connectivity index (χ1v) is 11.2. The van der Waals surface area contributed by atoms with Crippen molar-refractivity contribution in [3.63, 3.8) is 0 Å². The van der Waals surface area contributed by atoms with Gasteiger partial charge in [0.1, 0.15) is 5.75 Å². The van der Waals surface area contributed by atoms with Gasteiger partial charge in [-0.1, -0.05) is 12.1 Å². The van der Waals surface area contributed by atoms with E-state index in [1.807, 2.05) is 12.1 Å². The highest BCUT2D eigenvalue weighted by Crippen LogP contribution is 2.27. The molecule has 31 heavy (non-hydrogen) atoms. The number of nitrogens with zero attached hydrogens (tertiary/aromatic N) is 2. The van der Waals surface area contributed by atoms with E-state index in [1.165, 1.54) is 18.4 Å². The molecule has 0 bridgehead atoms.